The van der Waals surface area contributed by atoms with Crippen molar-refractivity contribution in [3.63, 3.8) is 0 Å². The molecule has 3 aromatic rings. The Balaban J connectivity index is 0.00000156. The minimum absolute atomic E-state index is 0. The third kappa shape index (κ3) is 7.62. The maximum Gasteiger partial charge on any atom is 1.00 e. The average Bonchev–Trinajstić information content (AvgIpc) is 2.75. The van der Waals surface area contributed by atoms with Crippen molar-refractivity contribution in [3.05, 3.63) is 77.5 Å². The number of aromatic nitrogens is 1. The second kappa shape index (κ2) is 12.2. The minimum Gasteiger partial charge on any atom is -0.872 e. The van der Waals surface area contributed by atoms with Crippen molar-refractivity contribution in [3.8, 4) is 17.0 Å². The number of carbonyl (C=O) groups excluding carboxylic acids is 1. The van der Waals surface area contributed by atoms with E-state index in [1.54, 1.807) is 0 Å². The van der Waals surface area contributed by atoms with E-state index in [0.717, 1.165) is 12.1 Å². The molecule has 1 heterocycles. The number of benzene rings is 2. The van der Waals surface area contributed by atoms with Crippen molar-refractivity contribution in [2.24, 2.45) is 0 Å². The molecule has 3 N–H and O–H groups in total. The number of alkyl halides is 3. The Morgan fingerprint density at radius 1 is 1.10 bits per heavy atom. The molecule has 158 valence electrons. The van der Waals surface area contributed by atoms with Gasteiger partial charge in [0, 0.05) is 29.6 Å². The number of nitrogen functional groups attached to an aromatic ring is 1. The zero-order chi connectivity index (χ0) is 22.3. The predicted octanol–water partition coefficient (Wildman–Crippen LogP) is 1.38. The summed E-state index contributed by atoms with van der Waals surface area (Å²) < 4.78 is 38.3. The molecule has 1 amide bonds. The van der Waals surface area contributed by atoms with Crippen LogP contribution >= 0.6 is 0 Å². The Bertz CT molecular complexity index is 1030. The van der Waals surface area contributed by atoms with Crippen molar-refractivity contribution >= 4 is 11.6 Å². The van der Waals surface area contributed by atoms with Gasteiger partial charge in [-0.05, 0) is 35.9 Å². The molecule has 1 aromatic heterocycles. The Morgan fingerprint density at radius 2 is 1.81 bits per heavy atom. The maximum absolute atomic E-state index is 12.8. The number of hydrogen-bond donors (Lipinski definition) is 2. The molecule has 3 rings (SSSR count). The molecule has 31 heavy (non-hydrogen) atoms. The van der Waals surface area contributed by atoms with E-state index in [0.29, 0.717) is 22.5 Å². The Kier molecular flexibility index (Phi) is 10.7. The minimum atomic E-state index is -4.45. The normalized spacial score (nSPS) is 10.4. The van der Waals surface area contributed by atoms with Gasteiger partial charge in [0.15, 0.2) is 0 Å². The molecular weight excluding hydrogens is 434 g/mol. The van der Waals surface area contributed by atoms with Gasteiger partial charge < -0.3 is 16.2 Å². The molecule has 5 nitrogen and oxygen atoms in total. The van der Waals surface area contributed by atoms with Crippen LogP contribution in [0.2, 0.25) is 0 Å². The van der Waals surface area contributed by atoms with Crippen LogP contribution in [0, 0.1) is 0 Å². The second-order valence-electron chi connectivity index (χ2n) is 6.06. The standard InChI is InChI=1S/C20H16F3N3O2.C2H6.K/c21-20(22,23)14-3-1-2-12(8-14)11-26-19(28)13-6-7-25-18(9-13)16-10-15(27)4-5-17(16)24;1-2;/h1-10,27H,11,24H2,(H,26,28);1-2H3;/q;;+1/p-1. The number of rotatable bonds is 4. The fourth-order valence-electron chi connectivity index (χ4n) is 2.62. The van der Waals surface area contributed by atoms with Gasteiger partial charge in [-0.3, -0.25) is 9.78 Å². The van der Waals surface area contributed by atoms with Crippen LogP contribution in [-0.4, -0.2) is 10.9 Å². The number of pyridine rings is 1. The Morgan fingerprint density at radius 3 is 2.48 bits per heavy atom. The Labute approximate surface area is 221 Å². The van der Waals surface area contributed by atoms with Gasteiger partial charge in [0.2, 0.25) is 0 Å². The monoisotopic (exact) mass is 455 g/mol. The summed E-state index contributed by atoms with van der Waals surface area (Å²) in [7, 11) is 0. The summed E-state index contributed by atoms with van der Waals surface area (Å²) in [4.78, 5) is 16.5. The number of amides is 1. The number of nitrogens with two attached hydrogens (primary N) is 1. The van der Waals surface area contributed by atoms with Gasteiger partial charge >= 0.3 is 57.6 Å². The number of hydrogen-bond acceptors (Lipinski definition) is 4. The van der Waals surface area contributed by atoms with Gasteiger partial charge in [-0.25, -0.2) is 0 Å². The number of anilines is 1. The summed E-state index contributed by atoms with van der Waals surface area (Å²) in [6.45, 7) is 3.93. The molecular formula is C22H21F3KN3O2. The zero-order valence-corrected chi connectivity index (χ0v) is 20.6. The van der Waals surface area contributed by atoms with E-state index in [1.807, 2.05) is 13.8 Å². The molecule has 0 saturated heterocycles. The van der Waals surface area contributed by atoms with E-state index in [1.165, 1.54) is 48.7 Å². The zero-order valence-electron chi connectivity index (χ0n) is 17.5. The smallest absolute Gasteiger partial charge is 0.872 e. The van der Waals surface area contributed by atoms with Crippen molar-refractivity contribution in [2.75, 3.05) is 5.73 Å². The molecule has 2 aromatic carbocycles. The van der Waals surface area contributed by atoms with Crippen LogP contribution in [0.3, 0.4) is 0 Å². The molecule has 0 saturated carbocycles. The van der Waals surface area contributed by atoms with Crippen molar-refractivity contribution in [1.29, 1.82) is 0 Å². The third-order valence-electron chi connectivity index (χ3n) is 4.03. The van der Waals surface area contributed by atoms with E-state index >= 15 is 0 Å². The first-order valence-corrected chi connectivity index (χ1v) is 9.21. The first-order chi connectivity index (χ1) is 14.2. The van der Waals surface area contributed by atoms with E-state index in [9.17, 15) is 23.1 Å². The van der Waals surface area contributed by atoms with E-state index in [-0.39, 0.29) is 69.2 Å². The topological polar surface area (TPSA) is 91.1 Å². The van der Waals surface area contributed by atoms with Crippen LogP contribution in [-0.2, 0) is 12.7 Å². The summed E-state index contributed by atoms with van der Waals surface area (Å²) >= 11 is 0. The predicted molar refractivity (Wildman–Crippen MR) is 107 cm³/mol. The van der Waals surface area contributed by atoms with Crippen molar-refractivity contribution < 1.29 is 74.5 Å². The van der Waals surface area contributed by atoms with Crippen molar-refractivity contribution in [2.45, 2.75) is 26.6 Å². The van der Waals surface area contributed by atoms with Crippen LogP contribution in [0.15, 0.2) is 60.8 Å². The van der Waals surface area contributed by atoms with Gasteiger partial charge in [0.25, 0.3) is 5.91 Å². The molecule has 0 radical (unpaired) electrons. The molecule has 0 spiro atoms. The van der Waals surface area contributed by atoms with E-state index < -0.39 is 17.6 Å². The van der Waals surface area contributed by atoms with E-state index in [4.69, 9.17) is 5.73 Å². The molecule has 0 fully saturated rings. The number of nitrogens with zero attached hydrogens (tertiary/aromatic N) is 1. The van der Waals surface area contributed by atoms with Crippen LogP contribution in [0.5, 0.6) is 5.75 Å². The second-order valence-corrected chi connectivity index (χ2v) is 6.06. The summed E-state index contributed by atoms with van der Waals surface area (Å²) in [5.41, 5.74) is 6.74. The van der Waals surface area contributed by atoms with E-state index in [2.05, 4.69) is 10.3 Å². The van der Waals surface area contributed by atoms with Gasteiger partial charge in [0.05, 0.1) is 11.3 Å². The summed E-state index contributed by atoms with van der Waals surface area (Å²) in [5, 5.41) is 14.1. The van der Waals surface area contributed by atoms with Crippen LogP contribution < -0.4 is 67.5 Å². The molecule has 0 aliphatic heterocycles. The number of nitrogens with one attached hydrogen (secondary N) is 1. The fraction of sp³-hybridized carbons (Fsp3) is 0.182. The number of halogens is 3. The van der Waals surface area contributed by atoms with Crippen LogP contribution in [0.4, 0.5) is 18.9 Å². The third-order valence-corrected chi connectivity index (χ3v) is 4.03. The SMILES string of the molecule is CC.Nc1ccc([O-])cc1-c1cc(C(=O)NCc2cccc(C(F)(F)F)c2)ccn1.[K+]. The molecule has 0 aliphatic rings. The van der Waals surface area contributed by atoms with Crippen LogP contribution in [0.25, 0.3) is 11.3 Å². The quantitative estimate of drug-likeness (QED) is 0.460. The average molecular weight is 456 g/mol. The van der Waals surface area contributed by atoms with Gasteiger partial charge in [-0.2, -0.15) is 13.2 Å². The van der Waals surface area contributed by atoms with Gasteiger partial charge in [-0.15, -0.1) is 5.75 Å². The molecule has 0 atom stereocenters. The van der Waals surface area contributed by atoms with Gasteiger partial charge in [-0.1, -0.05) is 38.1 Å². The van der Waals surface area contributed by atoms with Crippen LogP contribution in [0.1, 0.15) is 35.3 Å². The molecule has 0 aliphatic carbocycles. The van der Waals surface area contributed by atoms with Crippen molar-refractivity contribution in [1.82, 2.24) is 10.3 Å². The maximum atomic E-state index is 12.8. The first-order valence-electron chi connectivity index (χ1n) is 9.21. The summed E-state index contributed by atoms with van der Waals surface area (Å²) in [5.74, 6) is -0.733. The molecule has 0 unspecified atom stereocenters. The van der Waals surface area contributed by atoms with Gasteiger partial charge in [0.1, 0.15) is 0 Å². The Hall–Kier alpha value is -1.91. The molecule has 0 bridgehead atoms. The first kappa shape index (κ1) is 27.1. The number of carbonyl (C=O) groups is 1. The summed E-state index contributed by atoms with van der Waals surface area (Å²) in [6.07, 6.45) is -3.05. The molecule has 9 heteroatoms. The largest absolute Gasteiger partial charge is 1.00 e. The fourth-order valence-corrected chi connectivity index (χ4v) is 2.62. The summed E-state index contributed by atoms with van der Waals surface area (Å²) in [6, 6.07) is 11.8.